The summed E-state index contributed by atoms with van der Waals surface area (Å²) in [5, 5.41) is 1.12. The molecule has 5 rings (SSSR count). The molecule has 218 valence electrons. The molecule has 0 saturated carbocycles. The molecule has 1 amide bonds. The minimum absolute atomic E-state index is 0.0533. The van der Waals surface area contributed by atoms with Crippen LogP contribution in [0.3, 0.4) is 0 Å². The number of halogens is 1. The molecule has 1 fully saturated rings. The summed E-state index contributed by atoms with van der Waals surface area (Å²) in [6.45, 7) is 17.0. The summed E-state index contributed by atoms with van der Waals surface area (Å²) in [5.74, 6) is 0.571. The Bertz CT molecular complexity index is 1690. The summed E-state index contributed by atoms with van der Waals surface area (Å²) < 4.78 is 1.62. The molecule has 2 atom stereocenters. The Labute approximate surface area is 251 Å². The van der Waals surface area contributed by atoms with Gasteiger partial charge < -0.3 is 9.80 Å². The van der Waals surface area contributed by atoms with Gasteiger partial charge in [0.15, 0.2) is 5.65 Å². The maximum Gasteiger partial charge on any atom is 0.355 e. The van der Waals surface area contributed by atoms with Crippen LogP contribution in [-0.4, -0.2) is 55.5 Å². The van der Waals surface area contributed by atoms with E-state index in [2.05, 4.69) is 39.2 Å². The second kappa shape index (κ2) is 11.7. The van der Waals surface area contributed by atoms with Gasteiger partial charge in [0.1, 0.15) is 5.82 Å². The van der Waals surface area contributed by atoms with E-state index in [1.807, 2.05) is 56.3 Å². The Morgan fingerprint density at radius 3 is 2.38 bits per heavy atom. The molecule has 9 heteroatoms. The van der Waals surface area contributed by atoms with Crippen LogP contribution in [0.15, 0.2) is 66.1 Å². The number of hydrogen-bond acceptors (Lipinski definition) is 6. The van der Waals surface area contributed by atoms with E-state index < -0.39 is 5.69 Å². The van der Waals surface area contributed by atoms with Crippen LogP contribution >= 0.6 is 11.6 Å². The van der Waals surface area contributed by atoms with E-state index in [0.29, 0.717) is 46.3 Å². The largest absolute Gasteiger partial charge is 0.355 e. The van der Waals surface area contributed by atoms with Crippen molar-refractivity contribution in [2.45, 2.75) is 65.5 Å². The molecule has 1 aliphatic rings. The van der Waals surface area contributed by atoms with E-state index in [-0.39, 0.29) is 29.8 Å². The molecule has 0 aliphatic carbocycles. The Morgan fingerprint density at radius 2 is 1.74 bits per heavy atom. The van der Waals surface area contributed by atoms with Crippen LogP contribution in [0.2, 0.25) is 5.02 Å². The molecule has 8 nitrogen and oxygen atoms in total. The van der Waals surface area contributed by atoms with Crippen LogP contribution in [0.5, 0.6) is 0 Å². The highest BCUT2D eigenvalue weighted by molar-refractivity contribution is 6.33. The van der Waals surface area contributed by atoms with Crippen molar-refractivity contribution in [3.05, 3.63) is 88.1 Å². The lowest BCUT2D eigenvalue weighted by atomic mass is 9.97. The van der Waals surface area contributed by atoms with E-state index in [1.165, 1.54) is 6.08 Å². The predicted molar refractivity (Wildman–Crippen MR) is 170 cm³/mol. The summed E-state index contributed by atoms with van der Waals surface area (Å²) in [6.07, 6.45) is 3.14. The molecule has 0 unspecified atom stereocenters. The standard InChI is InChI=1S/C33H37ClN6O2/c1-8-27(41)38-17-22(7)39(18-21(38)6)31-25-16-26(34)29(23-12-10-9-11-13-23)36-32(25)40(33(42)37-31)30-24(19(2)3)14-15-35-28(30)20(4)5/h8-16,19-22H,1,17-18H2,2-7H3/t21-,22+/m1/s1. The third kappa shape index (κ3) is 5.20. The SMILES string of the molecule is C=CC(=O)N1C[C@H](C)N(c2nc(=O)n(-c3c(C(C)C)ccnc3C(C)C)c3nc(-c4ccccc4)c(Cl)cc23)C[C@H]1C. The zero-order valence-electron chi connectivity index (χ0n) is 25.0. The van der Waals surface area contributed by atoms with Gasteiger partial charge in [-0.3, -0.25) is 9.78 Å². The monoisotopic (exact) mass is 584 g/mol. The minimum atomic E-state index is -0.437. The molecule has 0 N–H and O–H groups in total. The Balaban J connectivity index is 1.84. The number of piperazine rings is 1. The number of amides is 1. The van der Waals surface area contributed by atoms with Gasteiger partial charge in [0.05, 0.1) is 27.5 Å². The summed E-state index contributed by atoms with van der Waals surface area (Å²) >= 11 is 6.93. The lowest BCUT2D eigenvalue weighted by Crippen LogP contribution is -2.58. The van der Waals surface area contributed by atoms with E-state index in [4.69, 9.17) is 26.6 Å². The number of anilines is 1. The van der Waals surface area contributed by atoms with Gasteiger partial charge >= 0.3 is 5.69 Å². The van der Waals surface area contributed by atoms with Crippen molar-refractivity contribution in [1.82, 2.24) is 24.4 Å². The van der Waals surface area contributed by atoms with E-state index in [0.717, 1.165) is 16.8 Å². The predicted octanol–water partition coefficient (Wildman–Crippen LogP) is 6.35. The van der Waals surface area contributed by atoms with Crippen molar-refractivity contribution in [3.63, 3.8) is 0 Å². The van der Waals surface area contributed by atoms with Gasteiger partial charge in [-0.1, -0.05) is 76.2 Å². The van der Waals surface area contributed by atoms with Gasteiger partial charge in [-0.15, -0.1) is 0 Å². The molecule has 0 radical (unpaired) electrons. The highest BCUT2D eigenvalue weighted by Gasteiger charge is 2.34. The molecule has 4 aromatic rings. The number of aromatic nitrogens is 4. The van der Waals surface area contributed by atoms with Crippen molar-refractivity contribution in [1.29, 1.82) is 0 Å². The quantitative estimate of drug-likeness (QED) is 0.245. The zero-order valence-corrected chi connectivity index (χ0v) is 25.8. The van der Waals surface area contributed by atoms with Crippen molar-refractivity contribution in [3.8, 4) is 16.9 Å². The van der Waals surface area contributed by atoms with Crippen LogP contribution < -0.4 is 10.6 Å². The molecule has 1 aliphatic heterocycles. The third-order valence-corrected chi connectivity index (χ3v) is 8.23. The first-order chi connectivity index (χ1) is 20.0. The maximum absolute atomic E-state index is 14.2. The van der Waals surface area contributed by atoms with E-state index in [9.17, 15) is 9.59 Å². The molecule has 3 aromatic heterocycles. The van der Waals surface area contributed by atoms with Crippen molar-refractivity contribution in [2.24, 2.45) is 0 Å². The van der Waals surface area contributed by atoms with Crippen LogP contribution in [0.1, 0.15) is 64.6 Å². The average molecular weight is 585 g/mol. The Hall–Kier alpha value is -4.04. The number of nitrogens with zero attached hydrogens (tertiary/aromatic N) is 6. The summed E-state index contributed by atoms with van der Waals surface area (Å²) in [7, 11) is 0. The molecular formula is C33H37ClN6O2. The zero-order chi connectivity index (χ0) is 30.3. The van der Waals surface area contributed by atoms with Crippen molar-refractivity contribution >= 4 is 34.4 Å². The van der Waals surface area contributed by atoms with Crippen LogP contribution in [0.25, 0.3) is 28.0 Å². The van der Waals surface area contributed by atoms with Gasteiger partial charge in [0.2, 0.25) is 5.91 Å². The second-order valence-corrected chi connectivity index (χ2v) is 12.0. The Kier molecular flexibility index (Phi) is 8.19. The van der Waals surface area contributed by atoms with Crippen molar-refractivity contribution in [2.75, 3.05) is 18.0 Å². The highest BCUT2D eigenvalue weighted by Crippen LogP contribution is 2.37. The van der Waals surface area contributed by atoms with Crippen LogP contribution in [-0.2, 0) is 4.79 Å². The molecule has 1 aromatic carbocycles. The van der Waals surface area contributed by atoms with E-state index >= 15 is 0 Å². The van der Waals surface area contributed by atoms with Gasteiger partial charge in [0, 0.05) is 36.9 Å². The fourth-order valence-electron chi connectivity index (χ4n) is 5.79. The number of carbonyl (C=O) groups is 1. The number of benzene rings is 1. The number of hydrogen-bond donors (Lipinski definition) is 0. The topological polar surface area (TPSA) is 84.2 Å². The lowest BCUT2D eigenvalue weighted by molar-refractivity contribution is -0.128. The normalized spacial score (nSPS) is 17.4. The number of fused-ring (bicyclic) bond motifs is 1. The maximum atomic E-state index is 14.2. The third-order valence-electron chi connectivity index (χ3n) is 7.94. The summed E-state index contributed by atoms with van der Waals surface area (Å²) in [5.41, 5.74) is 3.97. The Morgan fingerprint density at radius 1 is 1.02 bits per heavy atom. The highest BCUT2D eigenvalue weighted by atomic mass is 35.5. The molecular weight excluding hydrogens is 548 g/mol. The number of rotatable bonds is 6. The first kappa shape index (κ1) is 29.5. The van der Waals surface area contributed by atoms with Crippen molar-refractivity contribution < 1.29 is 4.79 Å². The minimum Gasteiger partial charge on any atom is -0.349 e. The summed E-state index contributed by atoms with van der Waals surface area (Å²) in [4.78, 5) is 45.1. The van der Waals surface area contributed by atoms with Crippen LogP contribution in [0.4, 0.5) is 5.82 Å². The first-order valence-corrected chi connectivity index (χ1v) is 14.8. The molecule has 42 heavy (non-hydrogen) atoms. The molecule has 0 bridgehead atoms. The molecule has 4 heterocycles. The van der Waals surface area contributed by atoms with Gasteiger partial charge in [-0.05, 0) is 49.5 Å². The molecule has 1 saturated heterocycles. The fourth-order valence-corrected chi connectivity index (χ4v) is 6.05. The fraction of sp³-hybridized carbons (Fsp3) is 0.364. The summed E-state index contributed by atoms with van der Waals surface area (Å²) in [6, 6.07) is 13.3. The lowest BCUT2D eigenvalue weighted by Gasteiger charge is -2.44. The first-order valence-electron chi connectivity index (χ1n) is 14.4. The average Bonchev–Trinajstić information content (AvgIpc) is 2.97. The second-order valence-electron chi connectivity index (χ2n) is 11.6. The number of pyridine rings is 2. The van der Waals surface area contributed by atoms with Crippen LogP contribution in [0, 0.1) is 0 Å². The number of carbonyl (C=O) groups excluding carboxylic acids is 1. The smallest absolute Gasteiger partial charge is 0.349 e. The van der Waals surface area contributed by atoms with E-state index in [1.54, 1.807) is 15.7 Å². The van der Waals surface area contributed by atoms with Gasteiger partial charge in [-0.2, -0.15) is 4.98 Å². The van der Waals surface area contributed by atoms with Gasteiger partial charge in [0.25, 0.3) is 0 Å². The van der Waals surface area contributed by atoms with Gasteiger partial charge in [-0.25, -0.2) is 14.3 Å². The molecule has 0 spiro atoms.